The molecule has 3 aliphatic rings. The maximum Gasteiger partial charge on any atom is 0.0578 e. The van der Waals surface area contributed by atoms with Crippen molar-refractivity contribution in [3.63, 3.8) is 0 Å². The summed E-state index contributed by atoms with van der Waals surface area (Å²) in [4.78, 5) is 0. The molecule has 1 heteroatoms. The van der Waals surface area contributed by atoms with E-state index < -0.39 is 0 Å². The smallest absolute Gasteiger partial charge is 0.0578 e. The topological polar surface area (TPSA) is 9.23 Å². The standard InChI is InChI=1S/C27H42O/c1-3-5-6-15-28-27-14-13-25-18-24(11-12-26(25)19-27)23-10-9-21-16-20(4-2)7-8-22(21)17-23/h7-8,16,23-27H,3-6,9-15,17-19H2,1-2H3/t23?,24?,25-,26?,27-/m1/s1. The number of unbranched alkanes of at least 4 members (excludes halogenated alkanes) is 2. The van der Waals surface area contributed by atoms with Crippen molar-refractivity contribution >= 4 is 0 Å². The molecular weight excluding hydrogens is 340 g/mol. The number of rotatable bonds is 7. The fourth-order valence-electron chi connectivity index (χ4n) is 6.52. The molecule has 0 aliphatic heterocycles. The Kier molecular flexibility index (Phi) is 7.15. The molecule has 0 saturated heterocycles. The third-order valence-corrected chi connectivity index (χ3v) is 8.32. The lowest BCUT2D eigenvalue weighted by Crippen LogP contribution is -2.37. The van der Waals surface area contributed by atoms with Crippen LogP contribution in [-0.4, -0.2) is 12.7 Å². The van der Waals surface area contributed by atoms with Crippen molar-refractivity contribution < 1.29 is 4.74 Å². The fraction of sp³-hybridized carbons (Fsp3) is 0.778. The molecule has 3 aliphatic carbocycles. The van der Waals surface area contributed by atoms with E-state index in [2.05, 4.69) is 32.0 Å². The molecule has 0 heterocycles. The zero-order valence-corrected chi connectivity index (χ0v) is 18.4. The Hall–Kier alpha value is -0.820. The first-order valence-corrected chi connectivity index (χ1v) is 12.5. The normalized spacial score (nSPS) is 32.6. The highest BCUT2D eigenvalue weighted by atomic mass is 16.5. The maximum atomic E-state index is 6.24. The molecule has 0 amide bonds. The lowest BCUT2D eigenvalue weighted by molar-refractivity contribution is -0.0249. The van der Waals surface area contributed by atoms with Gasteiger partial charge in [-0.2, -0.15) is 0 Å². The van der Waals surface area contributed by atoms with Crippen LogP contribution >= 0.6 is 0 Å². The maximum absolute atomic E-state index is 6.24. The molecule has 1 aromatic carbocycles. The number of ether oxygens (including phenoxy) is 1. The second-order valence-electron chi connectivity index (χ2n) is 10.1. The van der Waals surface area contributed by atoms with Gasteiger partial charge in [0.2, 0.25) is 0 Å². The van der Waals surface area contributed by atoms with Crippen LogP contribution in [0.25, 0.3) is 0 Å². The van der Waals surface area contributed by atoms with Crippen LogP contribution in [0.3, 0.4) is 0 Å². The van der Waals surface area contributed by atoms with Gasteiger partial charge in [0.25, 0.3) is 0 Å². The van der Waals surface area contributed by atoms with Crippen LogP contribution in [0.2, 0.25) is 0 Å². The van der Waals surface area contributed by atoms with Crippen LogP contribution in [0.5, 0.6) is 0 Å². The number of aryl methyl sites for hydroxylation is 2. The van der Waals surface area contributed by atoms with E-state index in [1.54, 1.807) is 11.1 Å². The zero-order valence-electron chi connectivity index (χ0n) is 18.4. The van der Waals surface area contributed by atoms with Gasteiger partial charge in [-0.3, -0.25) is 0 Å². The summed E-state index contributed by atoms with van der Waals surface area (Å²) in [5.41, 5.74) is 4.84. The molecule has 0 bridgehead atoms. The predicted octanol–water partition coefficient (Wildman–Crippen LogP) is 7.15. The van der Waals surface area contributed by atoms with Crippen molar-refractivity contribution in [3.05, 3.63) is 34.9 Å². The van der Waals surface area contributed by atoms with E-state index >= 15 is 0 Å². The van der Waals surface area contributed by atoms with Crippen LogP contribution in [0, 0.1) is 23.7 Å². The van der Waals surface area contributed by atoms with Crippen molar-refractivity contribution in [2.24, 2.45) is 23.7 Å². The van der Waals surface area contributed by atoms with E-state index in [4.69, 9.17) is 4.74 Å². The van der Waals surface area contributed by atoms with Crippen molar-refractivity contribution in [1.29, 1.82) is 0 Å². The summed E-state index contributed by atoms with van der Waals surface area (Å²) in [5.74, 6) is 3.90. The summed E-state index contributed by atoms with van der Waals surface area (Å²) in [6, 6.07) is 7.32. The second-order valence-corrected chi connectivity index (χ2v) is 10.1. The van der Waals surface area contributed by atoms with Gasteiger partial charge in [0.15, 0.2) is 0 Å². The Balaban J connectivity index is 1.27. The lowest BCUT2D eigenvalue weighted by Gasteiger charge is -2.45. The molecule has 0 radical (unpaired) electrons. The number of fused-ring (bicyclic) bond motifs is 2. The van der Waals surface area contributed by atoms with E-state index in [1.807, 2.05) is 0 Å². The van der Waals surface area contributed by atoms with Gasteiger partial charge in [0.1, 0.15) is 0 Å². The third-order valence-electron chi connectivity index (χ3n) is 8.32. The van der Waals surface area contributed by atoms with Gasteiger partial charge < -0.3 is 4.74 Å². The summed E-state index contributed by atoms with van der Waals surface area (Å²) in [5, 5.41) is 0. The number of benzene rings is 1. The first-order valence-electron chi connectivity index (χ1n) is 12.5. The minimum atomic E-state index is 0.573. The second kappa shape index (κ2) is 9.79. The zero-order chi connectivity index (χ0) is 19.3. The summed E-state index contributed by atoms with van der Waals surface area (Å²) < 4.78 is 6.24. The third kappa shape index (κ3) is 4.84. The van der Waals surface area contributed by atoms with Crippen LogP contribution in [0.4, 0.5) is 0 Å². The molecule has 3 unspecified atom stereocenters. The summed E-state index contributed by atoms with van der Waals surface area (Å²) >= 11 is 0. The molecular formula is C27H42O. The number of hydrogen-bond acceptors (Lipinski definition) is 1. The van der Waals surface area contributed by atoms with Gasteiger partial charge in [-0.1, -0.05) is 44.9 Å². The van der Waals surface area contributed by atoms with E-state index in [1.165, 1.54) is 89.0 Å². The first-order chi connectivity index (χ1) is 13.8. The SMILES string of the molecule is CCCCCO[C@@H]1CC[C@@H]2CC(C3CCc4cc(CC)ccc4C3)CCC2C1. The average molecular weight is 383 g/mol. The largest absolute Gasteiger partial charge is 0.378 e. The quantitative estimate of drug-likeness (QED) is 0.455. The number of hydrogen-bond donors (Lipinski definition) is 0. The molecule has 0 aromatic heterocycles. The van der Waals surface area contributed by atoms with Crippen molar-refractivity contribution in [3.8, 4) is 0 Å². The average Bonchev–Trinajstić information content (AvgIpc) is 2.75. The first kappa shape index (κ1) is 20.5. The minimum absolute atomic E-state index is 0.573. The molecule has 4 rings (SSSR count). The molecule has 1 nitrogen and oxygen atoms in total. The van der Waals surface area contributed by atoms with Crippen LogP contribution < -0.4 is 0 Å². The van der Waals surface area contributed by atoms with Gasteiger partial charge in [0, 0.05) is 6.61 Å². The van der Waals surface area contributed by atoms with Gasteiger partial charge >= 0.3 is 0 Å². The van der Waals surface area contributed by atoms with Gasteiger partial charge in [-0.25, -0.2) is 0 Å². The highest BCUT2D eigenvalue weighted by Gasteiger charge is 2.38. The minimum Gasteiger partial charge on any atom is -0.378 e. The Morgan fingerprint density at radius 2 is 1.61 bits per heavy atom. The molecule has 0 N–H and O–H groups in total. The van der Waals surface area contributed by atoms with Crippen molar-refractivity contribution in [1.82, 2.24) is 0 Å². The highest BCUT2D eigenvalue weighted by Crippen LogP contribution is 2.47. The predicted molar refractivity (Wildman–Crippen MR) is 119 cm³/mol. The lowest BCUT2D eigenvalue weighted by atomic mass is 9.62. The van der Waals surface area contributed by atoms with Crippen LogP contribution in [0.1, 0.15) is 94.7 Å². The van der Waals surface area contributed by atoms with Crippen molar-refractivity contribution in [2.45, 2.75) is 103 Å². The molecule has 28 heavy (non-hydrogen) atoms. The molecule has 1 aromatic rings. The van der Waals surface area contributed by atoms with E-state index in [0.29, 0.717) is 6.10 Å². The summed E-state index contributed by atoms with van der Waals surface area (Å²) in [6.45, 7) is 5.55. The van der Waals surface area contributed by atoms with E-state index in [9.17, 15) is 0 Å². The fourth-order valence-corrected chi connectivity index (χ4v) is 6.52. The molecule has 5 atom stereocenters. The Labute approximate surface area is 173 Å². The van der Waals surface area contributed by atoms with E-state index in [0.717, 1.165) is 30.3 Å². The van der Waals surface area contributed by atoms with Crippen molar-refractivity contribution in [2.75, 3.05) is 6.61 Å². The summed E-state index contributed by atoms with van der Waals surface area (Å²) in [7, 11) is 0. The van der Waals surface area contributed by atoms with Gasteiger partial charge in [-0.15, -0.1) is 0 Å². The molecule has 0 spiro atoms. The Morgan fingerprint density at radius 1 is 0.821 bits per heavy atom. The molecule has 2 saturated carbocycles. The molecule has 2 fully saturated rings. The summed E-state index contributed by atoms with van der Waals surface area (Å²) in [6.07, 6.45) is 18.3. The Morgan fingerprint density at radius 3 is 2.43 bits per heavy atom. The van der Waals surface area contributed by atoms with Gasteiger partial charge in [0.05, 0.1) is 6.10 Å². The van der Waals surface area contributed by atoms with Crippen LogP contribution in [-0.2, 0) is 24.0 Å². The van der Waals surface area contributed by atoms with Crippen LogP contribution in [0.15, 0.2) is 18.2 Å². The molecule has 156 valence electrons. The van der Waals surface area contributed by atoms with E-state index in [-0.39, 0.29) is 0 Å². The highest BCUT2D eigenvalue weighted by molar-refractivity contribution is 5.34. The Bertz CT molecular complexity index is 621. The monoisotopic (exact) mass is 382 g/mol. The van der Waals surface area contributed by atoms with Gasteiger partial charge in [-0.05, 0) is 111 Å².